The average molecular weight is 152 g/mol. The molecule has 3 heteroatoms. The summed E-state index contributed by atoms with van der Waals surface area (Å²) in [4.78, 5) is 21.8. The lowest BCUT2D eigenvalue weighted by Crippen LogP contribution is -2.11. The van der Waals surface area contributed by atoms with Crippen molar-refractivity contribution in [3.8, 4) is 0 Å². The summed E-state index contributed by atoms with van der Waals surface area (Å²) >= 11 is 0. The highest BCUT2D eigenvalue weighted by atomic mass is 16.6. The summed E-state index contributed by atoms with van der Waals surface area (Å²) in [6.45, 7) is 0. The topological polar surface area (TPSA) is 43.4 Å². The maximum atomic E-state index is 10.9. The molecule has 0 aromatic carbocycles. The minimum absolute atomic E-state index is 0.240. The number of rotatable bonds is 0. The zero-order valence-corrected chi connectivity index (χ0v) is 6.00. The first kappa shape index (κ1) is 6.58. The van der Waals surface area contributed by atoms with E-state index in [0.717, 1.165) is 19.3 Å². The zero-order chi connectivity index (χ0) is 7.84. The molecule has 0 aromatic rings. The van der Waals surface area contributed by atoms with Crippen LogP contribution in [-0.4, -0.2) is 11.9 Å². The van der Waals surface area contributed by atoms with E-state index in [-0.39, 0.29) is 11.9 Å². The van der Waals surface area contributed by atoms with Gasteiger partial charge in [0.05, 0.1) is 5.92 Å². The number of carbonyl (C=O) groups is 2. The van der Waals surface area contributed by atoms with Crippen molar-refractivity contribution < 1.29 is 14.3 Å². The second kappa shape index (κ2) is 2.19. The molecule has 58 valence electrons. The molecule has 0 spiro atoms. The number of fused-ring (bicyclic) bond motifs is 1. The molecule has 0 radical (unpaired) electrons. The van der Waals surface area contributed by atoms with E-state index >= 15 is 0 Å². The van der Waals surface area contributed by atoms with Gasteiger partial charge in [-0.25, -0.2) is 4.79 Å². The smallest absolute Gasteiger partial charge is 0.342 e. The molecule has 1 aliphatic heterocycles. The molecule has 3 nitrogen and oxygen atoms in total. The predicted molar refractivity (Wildman–Crippen MR) is 36.5 cm³/mol. The van der Waals surface area contributed by atoms with E-state index < -0.39 is 5.97 Å². The van der Waals surface area contributed by atoms with Crippen molar-refractivity contribution in [1.82, 2.24) is 0 Å². The van der Waals surface area contributed by atoms with Gasteiger partial charge in [0.2, 0.25) is 0 Å². The molecule has 1 atom stereocenters. The quantitative estimate of drug-likeness (QED) is 0.381. The van der Waals surface area contributed by atoms with Gasteiger partial charge in [0, 0.05) is 5.57 Å². The third kappa shape index (κ3) is 0.878. The van der Waals surface area contributed by atoms with Gasteiger partial charge in [-0.15, -0.1) is 0 Å². The van der Waals surface area contributed by atoms with Crippen molar-refractivity contribution >= 4 is 11.9 Å². The van der Waals surface area contributed by atoms with Crippen LogP contribution < -0.4 is 0 Å². The van der Waals surface area contributed by atoms with Crippen LogP contribution in [0.25, 0.3) is 0 Å². The summed E-state index contributed by atoms with van der Waals surface area (Å²) < 4.78 is 4.46. The maximum absolute atomic E-state index is 10.9. The van der Waals surface area contributed by atoms with E-state index in [0.29, 0.717) is 5.57 Å². The fourth-order valence-corrected chi connectivity index (χ4v) is 1.57. The molecule has 0 unspecified atom stereocenters. The van der Waals surface area contributed by atoms with Crippen LogP contribution in [0.1, 0.15) is 19.3 Å². The third-order valence-electron chi connectivity index (χ3n) is 2.15. The van der Waals surface area contributed by atoms with E-state index in [2.05, 4.69) is 4.74 Å². The lowest BCUT2D eigenvalue weighted by atomic mass is 9.90. The molecular formula is C8H8O3. The van der Waals surface area contributed by atoms with E-state index in [4.69, 9.17) is 0 Å². The highest BCUT2D eigenvalue weighted by Crippen LogP contribution is 2.31. The number of hydrogen-bond donors (Lipinski definition) is 0. The van der Waals surface area contributed by atoms with Gasteiger partial charge in [0.1, 0.15) is 0 Å². The van der Waals surface area contributed by atoms with Crippen molar-refractivity contribution in [3.63, 3.8) is 0 Å². The summed E-state index contributed by atoms with van der Waals surface area (Å²) in [6.07, 6.45) is 4.47. The molecular weight excluding hydrogens is 144 g/mol. The summed E-state index contributed by atoms with van der Waals surface area (Å²) in [7, 11) is 0. The van der Waals surface area contributed by atoms with Crippen molar-refractivity contribution in [1.29, 1.82) is 0 Å². The van der Waals surface area contributed by atoms with Crippen LogP contribution in [0, 0.1) is 5.92 Å². The van der Waals surface area contributed by atoms with Crippen LogP contribution in [-0.2, 0) is 14.3 Å². The Hall–Kier alpha value is -1.12. The number of ether oxygens (including phenoxy) is 1. The van der Waals surface area contributed by atoms with Crippen molar-refractivity contribution in [2.45, 2.75) is 19.3 Å². The minimum Gasteiger partial charge on any atom is -0.389 e. The van der Waals surface area contributed by atoms with Gasteiger partial charge >= 0.3 is 11.9 Å². The lowest BCUT2D eigenvalue weighted by molar-refractivity contribution is -0.152. The summed E-state index contributed by atoms with van der Waals surface area (Å²) in [5.74, 6) is -1.03. The van der Waals surface area contributed by atoms with Gasteiger partial charge in [-0.05, 0) is 19.3 Å². The van der Waals surface area contributed by atoms with Crippen LogP contribution >= 0.6 is 0 Å². The summed E-state index contributed by atoms with van der Waals surface area (Å²) in [5.41, 5.74) is 0.584. The summed E-state index contributed by atoms with van der Waals surface area (Å²) in [5, 5.41) is 0. The second-order valence-electron chi connectivity index (χ2n) is 2.85. The van der Waals surface area contributed by atoms with E-state index in [1.54, 1.807) is 0 Å². The van der Waals surface area contributed by atoms with Gasteiger partial charge in [-0.1, -0.05) is 6.08 Å². The molecule has 1 fully saturated rings. The Labute approximate surface area is 64.0 Å². The summed E-state index contributed by atoms with van der Waals surface area (Å²) in [6, 6.07) is 0. The molecule has 11 heavy (non-hydrogen) atoms. The molecule has 0 N–H and O–H groups in total. The van der Waals surface area contributed by atoms with Crippen LogP contribution in [0.15, 0.2) is 11.6 Å². The van der Waals surface area contributed by atoms with Crippen LogP contribution in [0.4, 0.5) is 0 Å². The molecule has 0 bridgehead atoms. The van der Waals surface area contributed by atoms with E-state index in [1.165, 1.54) is 0 Å². The maximum Gasteiger partial charge on any atom is 0.342 e. The van der Waals surface area contributed by atoms with E-state index in [9.17, 15) is 9.59 Å². The lowest BCUT2D eigenvalue weighted by Gasteiger charge is -2.09. The van der Waals surface area contributed by atoms with Crippen LogP contribution in [0.5, 0.6) is 0 Å². The average Bonchev–Trinajstić information content (AvgIpc) is 2.30. The van der Waals surface area contributed by atoms with Gasteiger partial charge in [-0.2, -0.15) is 0 Å². The van der Waals surface area contributed by atoms with Crippen molar-refractivity contribution in [2.24, 2.45) is 5.92 Å². The molecule has 1 saturated heterocycles. The van der Waals surface area contributed by atoms with Gasteiger partial charge in [-0.3, -0.25) is 4.79 Å². The van der Waals surface area contributed by atoms with Crippen molar-refractivity contribution in [3.05, 3.63) is 11.6 Å². The SMILES string of the molecule is O=C1OC(=O)[C@H]2CCCC=C12. The van der Waals surface area contributed by atoms with Crippen molar-refractivity contribution in [2.75, 3.05) is 0 Å². The molecule has 1 heterocycles. The first-order valence-electron chi connectivity index (χ1n) is 3.75. The highest BCUT2D eigenvalue weighted by molar-refractivity contribution is 6.07. The standard InChI is InChI=1S/C8H8O3/c9-7-5-3-1-2-4-6(5)8(10)11-7/h3,6H,1-2,4H2/t6-/m0/s1. The monoisotopic (exact) mass is 152 g/mol. The molecule has 0 saturated carbocycles. The minimum atomic E-state index is -0.431. The van der Waals surface area contributed by atoms with Crippen LogP contribution in [0.3, 0.4) is 0 Å². The third-order valence-corrected chi connectivity index (χ3v) is 2.15. The highest BCUT2D eigenvalue weighted by Gasteiger charge is 2.39. The fraction of sp³-hybridized carbons (Fsp3) is 0.500. The Bertz CT molecular complexity index is 252. The second-order valence-corrected chi connectivity index (χ2v) is 2.85. The number of allylic oxidation sites excluding steroid dienone is 1. The van der Waals surface area contributed by atoms with Gasteiger partial charge in [0.25, 0.3) is 0 Å². The fourth-order valence-electron chi connectivity index (χ4n) is 1.57. The first-order valence-corrected chi connectivity index (χ1v) is 3.75. The normalized spacial score (nSPS) is 29.5. The molecule has 0 aromatic heterocycles. The molecule has 1 aliphatic carbocycles. The predicted octanol–water partition coefficient (Wildman–Crippen LogP) is 0.796. The van der Waals surface area contributed by atoms with Gasteiger partial charge in [0.15, 0.2) is 0 Å². The van der Waals surface area contributed by atoms with E-state index in [1.807, 2.05) is 6.08 Å². The molecule has 2 rings (SSSR count). The number of esters is 2. The Kier molecular flexibility index (Phi) is 1.31. The Morgan fingerprint density at radius 1 is 1.45 bits per heavy atom. The Morgan fingerprint density at radius 2 is 2.27 bits per heavy atom. The Balaban J connectivity index is 2.36. The number of carbonyl (C=O) groups excluding carboxylic acids is 2. The number of hydrogen-bond acceptors (Lipinski definition) is 3. The van der Waals surface area contributed by atoms with Crippen LogP contribution in [0.2, 0.25) is 0 Å². The largest absolute Gasteiger partial charge is 0.389 e. The first-order chi connectivity index (χ1) is 5.29. The Morgan fingerprint density at radius 3 is 3.00 bits per heavy atom. The molecule has 0 amide bonds. The zero-order valence-electron chi connectivity index (χ0n) is 6.00. The molecule has 2 aliphatic rings. The number of cyclic esters (lactones) is 2. The van der Waals surface area contributed by atoms with Gasteiger partial charge < -0.3 is 4.74 Å².